The van der Waals surface area contributed by atoms with Crippen LogP contribution in [0.25, 0.3) is 0 Å². The molecule has 0 rings (SSSR count). The van der Waals surface area contributed by atoms with Crippen molar-refractivity contribution in [1.29, 1.82) is 0 Å². The SMILES string of the molecule is CCCCCCCC/C=C/CCCCCCCCCC(=O)OCC(COCCC(C(=O)[O-])[N+](C)(C)C)OC(=O)CCCCCCCCCCCCCCCCC. The molecule has 0 aliphatic heterocycles. The average molecular weight is 794 g/mol. The van der Waals surface area contributed by atoms with Crippen molar-refractivity contribution in [2.24, 2.45) is 0 Å². The summed E-state index contributed by atoms with van der Waals surface area (Å²) in [4.78, 5) is 36.9. The lowest BCUT2D eigenvalue weighted by atomic mass is 10.0. The van der Waals surface area contributed by atoms with Gasteiger partial charge in [-0.15, -0.1) is 0 Å². The first-order valence-corrected chi connectivity index (χ1v) is 23.7. The summed E-state index contributed by atoms with van der Waals surface area (Å²) in [6, 6.07) is -0.722. The van der Waals surface area contributed by atoms with Crippen LogP contribution in [0.15, 0.2) is 12.2 Å². The molecule has 2 unspecified atom stereocenters. The van der Waals surface area contributed by atoms with Crippen LogP contribution in [-0.2, 0) is 28.6 Å². The molecule has 0 aromatic carbocycles. The molecule has 0 aliphatic carbocycles. The van der Waals surface area contributed by atoms with Crippen molar-refractivity contribution < 1.29 is 38.2 Å². The minimum Gasteiger partial charge on any atom is -0.544 e. The van der Waals surface area contributed by atoms with Crippen molar-refractivity contribution in [3.63, 3.8) is 0 Å². The van der Waals surface area contributed by atoms with E-state index in [4.69, 9.17) is 14.2 Å². The predicted molar refractivity (Wildman–Crippen MR) is 231 cm³/mol. The number of carboxylic acids is 1. The fraction of sp³-hybridized carbons (Fsp3) is 0.896. The van der Waals surface area contributed by atoms with E-state index in [1.807, 2.05) is 0 Å². The largest absolute Gasteiger partial charge is 0.544 e. The van der Waals surface area contributed by atoms with Crippen LogP contribution in [-0.4, -0.2) is 75.5 Å². The molecule has 8 heteroatoms. The molecule has 8 nitrogen and oxygen atoms in total. The smallest absolute Gasteiger partial charge is 0.306 e. The Morgan fingerprint density at radius 1 is 0.518 bits per heavy atom. The summed E-state index contributed by atoms with van der Waals surface area (Å²) in [7, 11) is 5.42. The highest BCUT2D eigenvalue weighted by Crippen LogP contribution is 2.16. The van der Waals surface area contributed by atoms with Gasteiger partial charge in [-0.3, -0.25) is 9.59 Å². The molecule has 0 aromatic heterocycles. The quantitative estimate of drug-likeness (QED) is 0.0262. The third-order valence-corrected chi connectivity index (χ3v) is 10.9. The van der Waals surface area contributed by atoms with Gasteiger partial charge in [-0.05, 0) is 38.5 Å². The maximum absolute atomic E-state index is 12.7. The van der Waals surface area contributed by atoms with Crippen molar-refractivity contribution >= 4 is 17.9 Å². The number of likely N-dealkylation sites (N-methyl/N-ethyl adjacent to an activating group) is 1. The molecular weight excluding hydrogens is 703 g/mol. The molecular formula is C48H91NO7. The Balaban J connectivity index is 4.27. The second kappa shape index (κ2) is 39.9. The van der Waals surface area contributed by atoms with Crippen LogP contribution in [0.3, 0.4) is 0 Å². The number of hydrogen-bond acceptors (Lipinski definition) is 7. The summed E-state index contributed by atoms with van der Waals surface area (Å²) in [5.41, 5.74) is 0. The topological polar surface area (TPSA) is 102 Å². The summed E-state index contributed by atoms with van der Waals surface area (Å²) in [6.07, 6.45) is 42.3. The number of carboxylic acid groups (broad SMARTS) is 1. The van der Waals surface area contributed by atoms with E-state index in [0.29, 0.717) is 12.8 Å². The molecule has 0 saturated carbocycles. The number of carbonyl (C=O) groups is 3. The predicted octanol–water partition coefficient (Wildman–Crippen LogP) is 11.8. The molecule has 330 valence electrons. The lowest BCUT2D eigenvalue weighted by Crippen LogP contribution is -2.55. The number of ether oxygens (including phenoxy) is 3. The Labute approximate surface area is 346 Å². The van der Waals surface area contributed by atoms with Gasteiger partial charge in [0.1, 0.15) is 12.6 Å². The van der Waals surface area contributed by atoms with E-state index in [9.17, 15) is 19.5 Å². The van der Waals surface area contributed by atoms with E-state index in [1.54, 1.807) is 21.1 Å². The molecule has 0 N–H and O–H groups in total. The van der Waals surface area contributed by atoms with E-state index in [-0.39, 0.29) is 42.7 Å². The van der Waals surface area contributed by atoms with E-state index in [1.165, 1.54) is 154 Å². The lowest BCUT2D eigenvalue weighted by Gasteiger charge is -2.34. The van der Waals surface area contributed by atoms with E-state index >= 15 is 0 Å². The van der Waals surface area contributed by atoms with Crippen LogP contribution in [0.2, 0.25) is 0 Å². The number of quaternary nitrogens is 1. The van der Waals surface area contributed by atoms with Gasteiger partial charge in [0.05, 0.1) is 40.3 Å². The standard InChI is InChI=1S/C48H91NO7/c1-6-8-10-12-14-16-18-20-22-23-25-26-28-30-32-34-36-38-46(50)55-43-44(42-54-41-40-45(48(52)53)49(3,4)5)56-47(51)39-37-35-33-31-29-27-24-21-19-17-15-13-11-9-7-2/h20,22,44-45H,6-19,21,23-43H2,1-5H3/b22-20+. The van der Waals surface area contributed by atoms with Crippen LogP contribution in [0, 0.1) is 0 Å². The van der Waals surface area contributed by atoms with Gasteiger partial charge in [-0.2, -0.15) is 0 Å². The van der Waals surface area contributed by atoms with Crippen LogP contribution >= 0.6 is 0 Å². The first-order valence-electron chi connectivity index (χ1n) is 23.7. The molecule has 0 heterocycles. The van der Waals surface area contributed by atoms with Gasteiger partial charge in [0, 0.05) is 19.3 Å². The zero-order valence-corrected chi connectivity index (χ0v) is 37.6. The van der Waals surface area contributed by atoms with Crippen LogP contribution in [0.5, 0.6) is 0 Å². The highest BCUT2D eigenvalue weighted by molar-refractivity contribution is 5.70. The summed E-state index contributed by atoms with van der Waals surface area (Å²) in [6.45, 7) is 4.69. The molecule has 0 amide bonds. The lowest BCUT2D eigenvalue weighted by molar-refractivity contribution is -0.889. The van der Waals surface area contributed by atoms with Crippen molar-refractivity contribution in [2.75, 3.05) is 41.0 Å². The minimum absolute atomic E-state index is 0.0453. The molecule has 0 aliphatic rings. The number of rotatable bonds is 43. The first-order chi connectivity index (χ1) is 27.1. The number of hydrogen-bond donors (Lipinski definition) is 0. The third-order valence-electron chi connectivity index (χ3n) is 10.9. The minimum atomic E-state index is -1.12. The van der Waals surface area contributed by atoms with E-state index in [2.05, 4.69) is 26.0 Å². The van der Waals surface area contributed by atoms with Gasteiger partial charge in [-0.25, -0.2) is 0 Å². The highest BCUT2D eigenvalue weighted by Gasteiger charge is 2.25. The summed E-state index contributed by atoms with van der Waals surface area (Å²) in [5, 5.41) is 11.6. The van der Waals surface area contributed by atoms with Crippen molar-refractivity contribution in [3.8, 4) is 0 Å². The molecule has 2 atom stereocenters. The molecule has 0 bridgehead atoms. The Bertz CT molecular complexity index is 931. The number of nitrogens with zero attached hydrogens (tertiary/aromatic N) is 1. The fourth-order valence-electron chi connectivity index (χ4n) is 7.18. The van der Waals surface area contributed by atoms with Gasteiger partial charge in [0.25, 0.3) is 0 Å². The molecule has 0 spiro atoms. The maximum Gasteiger partial charge on any atom is 0.306 e. The number of esters is 2. The third kappa shape index (κ3) is 37.6. The van der Waals surface area contributed by atoms with Crippen molar-refractivity contribution in [1.82, 2.24) is 0 Å². The second-order valence-electron chi connectivity index (χ2n) is 17.4. The van der Waals surface area contributed by atoms with Gasteiger partial charge in [-0.1, -0.05) is 180 Å². The monoisotopic (exact) mass is 794 g/mol. The fourth-order valence-corrected chi connectivity index (χ4v) is 7.18. The van der Waals surface area contributed by atoms with Crippen LogP contribution in [0.1, 0.15) is 226 Å². The zero-order chi connectivity index (χ0) is 41.4. The number of carbonyl (C=O) groups excluding carboxylic acids is 3. The average Bonchev–Trinajstić information content (AvgIpc) is 3.15. The first kappa shape index (κ1) is 54.1. The molecule has 0 saturated heterocycles. The second-order valence-corrected chi connectivity index (χ2v) is 17.4. The summed E-state index contributed by atoms with van der Waals surface area (Å²) >= 11 is 0. The number of unbranched alkanes of at least 4 members (excludes halogenated alkanes) is 27. The molecule has 0 radical (unpaired) electrons. The Kier molecular flexibility index (Phi) is 38.5. The van der Waals surface area contributed by atoms with Gasteiger partial charge in [0.15, 0.2) is 6.10 Å². The van der Waals surface area contributed by atoms with E-state index < -0.39 is 18.1 Å². The van der Waals surface area contributed by atoms with Gasteiger partial charge >= 0.3 is 11.9 Å². The molecule has 56 heavy (non-hydrogen) atoms. The zero-order valence-electron chi connectivity index (χ0n) is 37.6. The highest BCUT2D eigenvalue weighted by atomic mass is 16.6. The number of allylic oxidation sites excluding steroid dienone is 2. The van der Waals surface area contributed by atoms with Crippen LogP contribution in [0.4, 0.5) is 0 Å². The summed E-state index contributed by atoms with van der Waals surface area (Å²) < 4.78 is 17.2. The van der Waals surface area contributed by atoms with Gasteiger partial charge < -0.3 is 28.6 Å². The Morgan fingerprint density at radius 3 is 1.29 bits per heavy atom. The van der Waals surface area contributed by atoms with E-state index in [0.717, 1.165) is 38.5 Å². The van der Waals surface area contributed by atoms with Crippen molar-refractivity contribution in [2.45, 2.75) is 238 Å². The number of aliphatic carboxylic acids is 1. The Morgan fingerprint density at radius 2 is 0.893 bits per heavy atom. The molecule has 0 aromatic rings. The summed E-state index contributed by atoms with van der Waals surface area (Å²) in [5.74, 6) is -1.72. The molecule has 0 fully saturated rings. The Hall–Kier alpha value is -1.93. The van der Waals surface area contributed by atoms with Crippen molar-refractivity contribution in [3.05, 3.63) is 12.2 Å². The normalized spacial score (nSPS) is 12.9. The maximum atomic E-state index is 12.7. The van der Waals surface area contributed by atoms with Gasteiger partial charge in [0.2, 0.25) is 0 Å². The van der Waals surface area contributed by atoms with Crippen LogP contribution < -0.4 is 5.11 Å².